The number of rotatable bonds is 3. The van der Waals surface area contributed by atoms with Crippen LogP contribution in [0.1, 0.15) is 30.9 Å². The van der Waals surface area contributed by atoms with Crippen molar-refractivity contribution in [2.45, 2.75) is 25.3 Å². The molecule has 2 heterocycles. The molecule has 0 bridgehead atoms. The first-order valence-corrected chi connectivity index (χ1v) is 8.45. The first kappa shape index (κ1) is 17.3. The summed E-state index contributed by atoms with van der Waals surface area (Å²) in [4.78, 5) is 26.7. The lowest BCUT2D eigenvalue weighted by Gasteiger charge is -2.35. The Bertz CT molecular complexity index is 669. The minimum absolute atomic E-state index is 0.372. The lowest BCUT2D eigenvalue weighted by atomic mass is 9.88. The number of amides is 2. The maximum Gasteiger partial charge on any atom is 0.319 e. The second-order valence-electron chi connectivity index (χ2n) is 6.31. The van der Waals surface area contributed by atoms with Crippen molar-refractivity contribution in [3.8, 4) is 0 Å². The largest absolute Gasteiger partial charge is 0.468 e. The summed E-state index contributed by atoms with van der Waals surface area (Å²) in [5.74, 6) is -1.54. The van der Waals surface area contributed by atoms with Crippen LogP contribution in [0.25, 0.3) is 0 Å². The first-order chi connectivity index (χ1) is 12.1. The number of benzene rings is 1. The molecule has 1 aromatic rings. The summed E-state index contributed by atoms with van der Waals surface area (Å²) in [6.07, 6.45) is 5.20. The van der Waals surface area contributed by atoms with Crippen LogP contribution < -0.4 is 10.6 Å². The van der Waals surface area contributed by atoms with E-state index in [1.54, 1.807) is 12.1 Å². The highest BCUT2D eigenvalue weighted by Crippen LogP contribution is 2.31. The SMILES string of the molecule is COC(=O)[C@@H]1/C(=C\N2CCCCC2)NC(=O)N[C@H]1c1ccc(F)cc1. The van der Waals surface area contributed by atoms with Gasteiger partial charge in [-0.2, -0.15) is 0 Å². The number of nitrogens with one attached hydrogen (secondary N) is 2. The minimum Gasteiger partial charge on any atom is -0.468 e. The van der Waals surface area contributed by atoms with Crippen molar-refractivity contribution in [3.63, 3.8) is 0 Å². The number of likely N-dealkylation sites (tertiary alicyclic amines) is 1. The maximum absolute atomic E-state index is 13.2. The molecule has 0 aromatic heterocycles. The molecule has 2 saturated heterocycles. The second kappa shape index (κ2) is 7.55. The van der Waals surface area contributed by atoms with E-state index in [0.29, 0.717) is 11.3 Å². The molecular formula is C18H22FN3O3. The monoisotopic (exact) mass is 347 g/mol. The molecule has 25 heavy (non-hydrogen) atoms. The molecule has 0 unspecified atom stereocenters. The van der Waals surface area contributed by atoms with Crippen LogP contribution in [0.4, 0.5) is 9.18 Å². The van der Waals surface area contributed by atoms with E-state index in [9.17, 15) is 14.0 Å². The van der Waals surface area contributed by atoms with Gasteiger partial charge in [-0.1, -0.05) is 12.1 Å². The third kappa shape index (κ3) is 3.92. The van der Waals surface area contributed by atoms with Crippen molar-refractivity contribution in [2.75, 3.05) is 20.2 Å². The van der Waals surface area contributed by atoms with Gasteiger partial charge in [-0.05, 0) is 37.0 Å². The van der Waals surface area contributed by atoms with Crippen LogP contribution in [0.3, 0.4) is 0 Å². The molecule has 7 heteroatoms. The third-order valence-corrected chi connectivity index (χ3v) is 4.61. The molecule has 2 aliphatic heterocycles. The fraction of sp³-hybridized carbons (Fsp3) is 0.444. The van der Waals surface area contributed by atoms with E-state index in [4.69, 9.17) is 4.74 Å². The molecule has 2 fully saturated rings. The Morgan fingerprint density at radius 1 is 1.24 bits per heavy atom. The number of urea groups is 1. The van der Waals surface area contributed by atoms with E-state index < -0.39 is 24.0 Å². The number of methoxy groups -OCH3 is 1. The van der Waals surface area contributed by atoms with Crippen LogP contribution in [0.2, 0.25) is 0 Å². The molecule has 0 spiro atoms. The van der Waals surface area contributed by atoms with Crippen molar-refractivity contribution in [1.29, 1.82) is 0 Å². The van der Waals surface area contributed by atoms with Crippen molar-refractivity contribution in [1.82, 2.24) is 15.5 Å². The van der Waals surface area contributed by atoms with Crippen molar-refractivity contribution < 1.29 is 18.7 Å². The highest BCUT2D eigenvalue weighted by atomic mass is 19.1. The van der Waals surface area contributed by atoms with Crippen molar-refractivity contribution in [3.05, 3.63) is 47.5 Å². The summed E-state index contributed by atoms with van der Waals surface area (Å²) in [5, 5.41) is 5.49. The van der Waals surface area contributed by atoms with E-state index in [1.165, 1.54) is 25.7 Å². The molecule has 1 aromatic carbocycles. The number of ether oxygens (including phenoxy) is 1. The summed E-state index contributed by atoms with van der Waals surface area (Å²) in [7, 11) is 1.32. The van der Waals surface area contributed by atoms with Gasteiger partial charge in [0.1, 0.15) is 11.7 Å². The zero-order valence-corrected chi connectivity index (χ0v) is 14.1. The normalized spacial score (nSPS) is 25.3. The lowest BCUT2D eigenvalue weighted by molar-refractivity contribution is -0.145. The summed E-state index contributed by atoms with van der Waals surface area (Å²) < 4.78 is 18.2. The molecule has 0 saturated carbocycles. The average Bonchev–Trinajstić information content (AvgIpc) is 2.62. The number of carbonyl (C=O) groups excluding carboxylic acids is 2. The first-order valence-electron chi connectivity index (χ1n) is 8.45. The van der Waals surface area contributed by atoms with Crippen molar-refractivity contribution >= 4 is 12.0 Å². The van der Waals surface area contributed by atoms with Crippen LogP contribution in [-0.2, 0) is 9.53 Å². The van der Waals surface area contributed by atoms with Crippen molar-refractivity contribution in [2.24, 2.45) is 5.92 Å². The van der Waals surface area contributed by atoms with Crippen LogP contribution in [0.5, 0.6) is 0 Å². The Balaban J connectivity index is 1.95. The number of piperidine rings is 1. The lowest BCUT2D eigenvalue weighted by Crippen LogP contribution is -2.51. The van der Waals surface area contributed by atoms with Gasteiger partial charge in [-0.3, -0.25) is 4.79 Å². The fourth-order valence-electron chi connectivity index (χ4n) is 3.34. The summed E-state index contributed by atoms with van der Waals surface area (Å²) in [5.41, 5.74) is 1.16. The number of esters is 1. The zero-order chi connectivity index (χ0) is 17.8. The topological polar surface area (TPSA) is 70.7 Å². The number of hydrogen-bond donors (Lipinski definition) is 2. The Hall–Kier alpha value is -2.57. The molecular weight excluding hydrogens is 325 g/mol. The van der Waals surface area contributed by atoms with E-state index >= 15 is 0 Å². The maximum atomic E-state index is 13.2. The Morgan fingerprint density at radius 3 is 2.56 bits per heavy atom. The van der Waals surface area contributed by atoms with E-state index in [-0.39, 0.29) is 5.82 Å². The van der Waals surface area contributed by atoms with Crippen LogP contribution >= 0.6 is 0 Å². The van der Waals surface area contributed by atoms with Gasteiger partial charge in [0.25, 0.3) is 0 Å². The van der Waals surface area contributed by atoms with Gasteiger partial charge in [0, 0.05) is 19.3 Å². The predicted octanol–water partition coefficient (Wildman–Crippen LogP) is 2.30. The number of hydrogen-bond acceptors (Lipinski definition) is 4. The summed E-state index contributed by atoms with van der Waals surface area (Å²) in [6.45, 7) is 1.78. The van der Waals surface area contributed by atoms with Gasteiger partial charge in [0.05, 0.1) is 18.8 Å². The fourth-order valence-corrected chi connectivity index (χ4v) is 3.34. The zero-order valence-electron chi connectivity index (χ0n) is 14.1. The van der Waals surface area contributed by atoms with E-state index in [2.05, 4.69) is 15.5 Å². The smallest absolute Gasteiger partial charge is 0.319 e. The Labute approximate surface area is 146 Å². The minimum atomic E-state index is -0.713. The molecule has 2 aliphatic rings. The Morgan fingerprint density at radius 2 is 1.92 bits per heavy atom. The predicted molar refractivity (Wildman–Crippen MR) is 89.8 cm³/mol. The van der Waals surface area contributed by atoms with Gasteiger partial charge in [0.15, 0.2) is 0 Å². The molecule has 0 aliphatic carbocycles. The molecule has 2 atom stereocenters. The molecule has 6 nitrogen and oxygen atoms in total. The van der Waals surface area contributed by atoms with E-state index in [1.807, 2.05) is 6.20 Å². The summed E-state index contributed by atoms with van der Waals surface area (Å²) in [6, 6.07) is 4.76. The van der Waals surface area contributed by atoms with Gasteiger partial charge in [0.2, 0.25) is 0 Å². The molecule has 0 radical (unpaired) electrons. The highest BCUT2D eigenvalue weighted by Gasteiger charge is 2.39. The number of carbonyl (C=O) groups is 2. The molecule has 134 valence electrons. The molecule has 2 N–H and O–H groups in total. The standard InChI is InChI=1S/C18H22FN3O3/c1-25-17(23)15-14(11-22-9-3-2-4-10-22)20-18(24)21-16(15)12-5-7-13(19)8-6-12/h5-8,11,15-16H,2-4,9-10H2,1H3,(H2,20,21,24)/b14-11+/t15-,16+/m1/s1. The third-order valence-electron chi connectivity index (χ3n) is 4.61. The van der Waals surface area contributed by atoms with E-state index in [0.717, 1.165) is 25.9 Å². The quantitative estimate of drug-likeness (QED) is 0.823. The molecule has 2 amide bonds. The van der Waals surface area contributed by atoms with Gasteiger partial charge >= 0.3 is 12.0 Å². The summed E-state index contributed by atoms with van der Waals surface area (Å²) >= 11 is 0. The Kier molecular flexibility index (Phi) is 5.21. The van der Waals surface area contributed by atoms with Crippen LogP contribution in [0.15, 0.2) is 36.2 Å². The average molecular weight is 347 g/mol. The van der Waals surface area contributed by atoms with Gasteiger partial charge < -0.3 is 20.3 Å². The number of nitrogens with zero attached hydrogens (tertiary/aromatic N) is 1. The van der Waals surface area contributed by atoms with Gasteiger partial charge in [-0.15, -0.1) is 0 Å². The van der Waals surface area contributed by atoms with Crippen LogP contribution in [0, 0.1) is 11.7 Å². The molecule has 3 rings (SSSR count). The highest BCUT2D eigenvalue weighted by molar-refractivity contribution is 5.85. The van der Waals surface area contributed by atoms with Crippen LogP contribution in [-0.4, -0.2) is 37.1 Å². The number of halogens is 1. The van der Waals surface area contributed by atoms with Gasteiger partial charge in [-0.25, -0.2) is 9.18 Å². The second-order valence-corrected chi connectivity index (χ2v) is 6.31.